The van der Waals surface area contributed by atoms with Crippen LogP contribution in [0, 0.1) is 19.0 Å². The van der Waals surface area contributed by atoms with Crippen molar-refractivity contribution in [3.05, 3.63) is 64.5 Å². The molecule has 2 aromatic rings. The van der Waals surface area contributed by atoms with Crippen LogP contribution in [0.2, 0.25) is 0 Å². The van der Waals surface area contributed by atoms with Gasteiger partial charge in [0.2, 0.25) is 5.69 Å². The topological polar surface area (TPSA) is 82.4 Å². The molecule has 0 fully saturated rings. The lowest BCUT2D eigenvalue weighted by atomic mass is 9.85. The third-order valence-corrected chi connectivity index (χ3v) is 5.46. The molecule has 7 nitrogen and oxygen atoms in total. The van der Waals surface area contributed by atoms with Crippen molar-refractivity contribution in [3.8, 4) is 16.9 Å². The van der Waals surface area contributed by atoms with Crippen LogP contribution in [0.25, 0.3) is 20.8 Å². The average Bonchev–Trinajstić information content (AvgIpc) is 2.87. The van der Waals surface area contributed by atoms with Crippen LogP contribution in [0.5, 0.6) is 5.75 Å². The van der Waals surface area contributed by atoms with Crippen LogP contribution in [0.3, 0.4) is 0 Å². The van der Waals surface area contributed by atoms with Gasteiger partial charge in [0.05, 0.1) is 29.8 Å². The Morgan fingerprint density at radius 1 is 1.13 bits per heavy atom. The second-order valence-electron chi connectivity index (χ2n) is 7.94. The monoisotopic (exact) mass is 405 g/mol. The third-order valence-electron chi connectivity index (χ3n) is 5.46. The number of aromatic hydroxyl groups is 1. The molecule has 0 bridgehead atoms. The zero-order chi connectivity index (χ0) is 22.3. The normalized spacial score (nSPS) is 16.0. The minimum Gasteiger partial charge on any atom is -0.507 e. The van der Waals surface area contributed by atoms with Gasteiger partial charge in [-0.3, -0.25) is 10.1 Å². The first-order chi connectivity index (χ1) is 14.0. The third kappa shape index (κ3) is 3.33. The van der Waals surface area contributed by atoms with Gasteiger partial charge in [-0.05, 0) is 39.3 Å². The molecule has 1 heterocycles. The fourth-order valence-corrected chi connectivity index (χ4v) is 3.10. The number of halogens is 1. The zero-order valence-corrected chi connectivity index (χ0v) is 17.0. The van der Waals surface area contributed by atoms with Crippen molar-refractivity contribution in [2.45, 2.75) is 38.8 Å². The van der Waals surface area contributed by atoms with Crippen molar-refractivity contribution in [2.24, 2.45) is 4.99 Å². The molecule has 152 valence electrons. The molecule has 0 saturated heterocycles. The van der Waals surface area contributed by atoms with Crippen LogP contribution >= 0.6 is 0 Å². The molecule has 3 N–H and O–H groups in total. The number of nitrogens with zero attached hydrogens (tertiary/aromatic N) is 3. The van der Waals surface area contributed by atoms with Gasteiger partial charge in [0, 0.05) is 5.56 Å². The lowest BCUT2D eigenvalue weighted by molar-refractivity contribution is 0.0974. The molecule has 0 unspecified atom stereocenters. The smallest absolute Gasteiger partial charge is 0.261 e. The van der Waals surface area contributed by atoms with E-state index in [2.05, 4.69) is 25.3 Å². The van der Waals surface area contributed by atoms with Crippen LogP contribution in [-0.4, -0.2) is 28.1 Å². The molecule has 0 radical (unpaired) electrons. The molecule has 0 spiro atoms. The van der Waals surface area contributed by atoms with E-state index in [0.717, 1.165) is 0 Å². The lowest BCUT2D eigenvalue weighted by Crippen LogP contribution is -2.52. The van der Waals surface area contributed by atoms with E-state index in [4.69, 9.17) is 13.1 Å². The number of carbonyl (C=O) groups excluding carboxylic acids is 1. The van der Waals surface area contributed by atoms with Gasteiger partial charge < -0.3 is 10.4 Å². The first-order valence-corrected chi connectivity index (χ1v) is 9.11. The fourth-order valence-electron chi connectivity index (χ4n) is 3.10. The van der Waals surface area contributed by atoms with Gasteiger partial charge in [-0.1, -0.05) is 24.3 Å². The maximum absolute atomic E-state index is 14.9. The number of guanidine groups is 1. The number of phenols is 1. The maximum atomic E-state index is 14.9. The molecule has 1 aliphatic rings. The lowest BCUT2D eigenvalue weighted by Gasteiger charge is -2.32. The Morgan fingerprint density at radius 2 is 1.80 bits per heavy atom. The van der Waals surface area contributed by atoms with Crippen LogP contribution in [0.4, 0.5) is 15.8 Å². The van der Waals surface area contributed by atoms with E-state index >= 15 is 0 Å². The van der Waals surface area contributed by atoms with E-state index in [1.807, 2.05) is 27.7 Å². The molecular formula is C22H20FN5O2. The molecule has 2 aromatic carbocycles. The number of aliphatic imine (C=N–C) groups is 1. The molecule has 3 rings (SSSR count). The van der Waals surface area contributed by atoms with E-state index in [1.54, 1.807) is 0 Å². The summed E-state index contributed by atoms with van der Waals surface area (Å²) in [6.45, 7) is 22.2. The van der Waals surface area contributed by atoms with Crippen LogP contribution < -0.4 is 10.6 Å². The summed E-state index contributed by atoms with van der Waals surface area (Å²) >= 11 is 0. The molecule has 0 atom stereocenters. The van der Waals surface area contributed by atoms with Gasteiger partial charge in [-0.15, -0.1) is 0 Å². The van der Waals surface area contributed by atoms with Gasteiger partial charge >= 0.3 is 0 Å². The Labute approximate surface area is 173 Å². The highest BCUT2D eigenvalue weighted by molar-refractivity contribution is 6.13. The molecule has 30 heavy (non-hydrogen) atoms. The summed E-state index contributed by atoms with van der Waals surface area (Å²) in [5.41, 5.74) is -1.68. The largest absolute Gasteiger partial charge is 0.507 e. The SMILES string of the molecule is [C-]#[N+]c1cccc(-c2c([N+]#[C-])ccc(O)c2C(=O)NC2=NC(C)(C)C(C)(C)N2)c1F. The number of phenolic OH excluding ortho intramolecular Hbond substituents is 1. The molecule has 1 aliphatic heterocycles. The van der Waals surface area contributed by atoms with Crippen LogP contribution in [-0.2, 0) is 0 Å². The first-order valence-electron chi connectivity index (χ1n) is 9.11. The molecule has 0 aromatic heterocycles. The van der Waals surface area contributed by atoms with Gasteiger partial charge in [0.1, 0.15) is 11.6 Å². The number of hydrogen-bond acceptors (Lipinski definition) is 4. The predicted molar refractivity (Wildman–Crippen MR) is 112 cm³/mol. The summed E-state index contributed by atoms with van der Waals surface area (Å²) < 4.78 is 14.9. The Kier molecular flexibility index (Phi) is 4.97. The number of carbonyl (C=O) groups is 1. The maximum Gasteiger partial charge on any atom is 0.261 e. The van der Waals surface area contributed by atoms with E-state index in [0.29, 0.717) is 0 Å². The van der Waals surface area contributed by atoms with Gasteiger partial charge in [-0.2, -0.15) is 0 Å². The van der Waals surface area contributed by atoms with Gasteiger partial charge in [0.25, 0.3) is 5.91 Å². The highest BCUT2D eigenvalue weighted by Gasteiger charge is 2.43. The number of hydrogen-bond donors (Lipinski definition) is 3. The summed E-state index contributed by atoms with van der Waals surface area (Å²) in [7, 11) is 0. The summed E-state index contributed by atoms with van der Waals surface area (Å²) in [5, 5.41) is 16.2. The average molecular weight is 405 g/mol. The predicted octanol–water partition coefficient (Wildman–Crippen LogP) is 4.55. The van der Waals surface area contributed by atoms with Crippen molar-refractivity contribution in [1.29, 1.82) is 0 Å². The molecule has 8 heteroatoms. The number of benzene rings is 2. The van der Waals surface area contributed by atoms with Crippen molar-refractivity contribution in [3.63, 3.8) is 0 Å². The van der Waals surface area contributed by atoms with Crippen molar-refractivity contribution in [1.82, 2.24) is 10.6 Å². The van der Waals surface area contributed by atoms with E-state index < -0.39 is 28.6 Å². The number of rotatable bonds is 2. The summed E-state index contributed by atoms with van der Waals surface area (Å²) in [4.78, 5) is 24.1. The van der Waals surface area contributed by atoms with E-state index in [1.165, 1.54) is 30.3 Å². The Balaban J connectivity index is 2.15. The standard InChI is InChI=1S/C22H20FN5O2/c1-21(2)22(3,4)28-20(27-21)26-19(30)17-15(29)11-10-13(24-5)16(17)12-8-7-9-14(25-6)18(12)23/h7-11,29H,1-4H3,(H2,26,27,28,30). The van der Waals surface area contributed by atoms with Crippen LogP contribution in [0.15, 0.2) is 35.3 Å². The fraction of sp³-hybridized carbons (Fsp3) is 0.273. The zero-order valence-electron chi connectivity index (χ0n) is 17.0. The second-order valence-corrected chi connectivity index (χ2v) is 7.94. The molecular weight excluding hydrogens is 385 g/mol. The first kappa shape index (κ1) is 20.8. The summed E-state index contributed by atoms with van der Waals surface area (Å²) in [6.07, 6.45) is 0. The van der Waals surface area contributed by atoms with Crippen molar-refractivity contribution >= 4 is 23.2 Å². The Morgan fingerprint density at radius 3 is 2.37 bits per heavy atom. The van der Waals surface area contributed by atoms with Crippen molar-refractivity contribution in [2.75, 3.05) is 0 Å². The minimum atomic E-state index is -0.865. The Bertz CT molecular complexity index is 1170. The van der Waals surface area contributed by atoms with Gasteiger partial charge in [0.15, 0.2) is 11.6 Å². The quantitative estimate of drug-likeness (QED) is 0.641. The van der Waals surface area contributed by atoms with Gasteiger partial charge in [-0.25, -0.2) is 19.1 Å². The molecule has 0 aliphatic carbocycles. The number of amides is 1. The Hall–Kier alpha value is -3.91. The number of nitrogens with one attached hydrogen (secondary N) is 2. The highest BCUT2D eigenvalue weighted by Crippen LogP contribution is 2.41. The summed E-state index contributed by atoms with van der Waals surface area (Å²) in [5.74, 6) is -1.82. The minimum absolute atomic E-state index is 0.0269. The highest BCUT2D eigenvalue weighted by atomic mass is 19.1. The van der Waals surface area contributed by atoms with Crippen LogP contribution in [0.1, 0.15) is 38.1 Å². The molecule has 1 amide bonds. The summed E-state index contributed by atoms with van der Waals surface area (Å²) in [6, 6.07) is 6.63. The second kappa shape index (κ2) is 7.16. The molecule has 0 saturated carbocycles. The van der Waals surface area contributed by atoms with E-state index in [9.17, 15) is 14.3 Å². The van der Waals surface area contributed by atoms with Crippen molar-refractivity contribution < 1.29 is 14.3 Å². The van der Waals surface area contributed by atoms with E-state index in [-0.39, 0.29) is 34.0 Å².